The number of hydrogen-bond donors (Lipinski definition) is 2. The van der Waals surface area contributed by atoms with Gasteiger partial charge in [0.15, 0.2) is 0 Å². The summed E-state index contributed by atoms with van der Waals surface area (Å²) >= 11 is 0. The number of benzene rings is 2. The van der Waals surface area contributed by atoms with Crippen molar-refractivity contribution in [3.63, 3.8) is 0 Å². The molecule has 0 atom stereocenters. The minimum absolute atomic E-state index is 0.0322. The van der Waals surface area contributed by atoms with Crippen LogP contribution >= 0.6 is 0 Å². The highest BCUT2D eigenvalue weighted by molar-refractivity contribution is 7.89. The third-order valence-corrected chi connectivity index (χ3v) is 7.12. The summed E-state index contributed by atoms with van der Waals surface area (Å²) in [5, 5.41) is 4.91. The van der Waals surface area contributed by atoms with Crippen LogP contribution in [0.4, 0.5) is 29.3 Å². The number of ether oxygens (including phenoxy) is 1. The Kier molecular flexibility index (Phi) is 7.28. The number of carbonyl (C=O) groups excluding carboxylic acids is 2. The maximum absolute atomic E-state index is 12.9. The highest BCUT2D eigenvalue weighted by atomic mass is 32.2. The van der Waals surface area contributed by atoms with Gasteiger partial charge >= 0.3 is 12.3 Å². The SMILES string of the molecule is COC(=O)Nc1ccc(S(=O)(=O)N2CCC(C(=O)Nc3cccc(C(F)(F)F)c3)CC2)cc1. The summed E-state index contributed by atoms with van der Waals surface area (Å²) in [6.07, 6.45) is -4.75. The monoisotopic (exact) mass is 485 g/mol. The van der Waals surface area contributed by atoms with Crippen LogP contribution in [0.25, 0.3) is 0 Å². The van der Waals surface area contributed by atoms with Gasteiger partial charge in [-0.1, -0.05) is 6.07 Å². The molecule has 2 aromatic rings. The lowest BCUT2D eigenvalue weighted by molar-refractivity contribution is -0.137. The van der Waals surface area contributed by atoms with Gasteiger partial charge in [-0.3, -0.25) is 10.1 Å². The molecule has 12 heteroatoms. The molecule has 1 aliphatic rings. The van der Waals surface area contributed by atoms with Crippen molar-refractivity contribution in [1.29, 1.82) is 0 Å². The maximum Gasteiger partial charge on any atom is 0.416 e. The molecule has 8 nitrogen and oxygen atoms in total. The van der Waals surface area contributed by atoms with Crippen molar-refractivity contribution in [2.24, 2.45) is 5.92 Å². The Morgan fingerprint density at radius 3 is 2.21 bits per heavy atom. The van der Waals surface area contributed by atoms with Crippen molar-refractivity contribution < 1.29 is 35.9 Å². The van der Waals surface area contributed by atoms with Crippen LogP contribution in [0.1, 0.15) is 18.4 Å². The Bertz CT molecular complexity index is 1110. The van der Waals surface area contributed by atoms with Crippen LogP contribution in [-0.2, 0) is 25.7 Å². The Hall–Kier alpha value is -3.12. The summed E-state index contributed by atoms with van der Waals surface area (Å²) in [5.74, 6) is -0.984. The van der Waals surface area contributed by atoms with Crippen LogP contribution in [0, 0.1) is 5.92 Å². The molecule has 1 fully saturated rings. The number of nitrogens with zero attached hydrogens (tertiary/aromatic N) is 1. The van der Waals surface area contributed by atoms with Crippen LogP contribution in [0.5, 0.6) is 0 Å². The van der Waals surface area contributed by atoms with E-state index in [1.54, 1.807) is 0 Å². The summed E-state index contributed by atoms with van der Waals surface area (Å²) in [4.78, 5) is 23.8. The van der Waals surface area contributed by atoms with E-state index in [-0.39, 0.29) is 36.5 Å². The van der Waals surface area contributed by atoms with Crippen molar-refractivity contribution >= 4 is 33.4 Å². The van der Waals surface area contributed by atoms with Gasteiger partial charge < -0.3 is 10.1 Å². The topological polar surface area (TPSA) is 105 Å². The molecule has 178 valence electrons. The second-order valence-electron chi connectivity index (χ2n) is 7.39. The van der Waals surface area contributed by atoms with Crippen LogP contribution in [0.3, 0.4) is 0 Å². The lowest BCUT2D eigenvalue weighted by Crippen LogP contribution is -2.41. The molecule has 1 heterocycles. The fraction of sp³-hybridized carbons (Fsp3) is 0.333. The van der Waals surface area contributed by atoms with E-state index in [0.29, 0.717) is 5.69 Å². The largest absolute Gasteiger partial charge is 0.453 e. The van der Waals surface area contributed by atoms with Crippen molar-refractivity contribution in [2.45, 2.75) is 23.9 Å². The van der Waals surface area contributed by atoms with E-state index in [1.807, 2.05) is 0 Å². The first kappa shape index (κ1) is 24.5. The molecular weight excluding hydrogens is 463 g/mol. The van der Waals surface area contributed by atoms with E-state index in [1.165, 1.54) is 47.8 Å². The lowest BCUT2D eigenvalue weighted by atomic mass is 9.97. The third kappa shape index (κ3) is 6.02. The summed E-state index contributed by atoms with van der Waals surface area (Å²) in [5.41, 5.74) is -0.467. The first-order valence-electron chi connectivity index (χ1n) is 9.94. The molecule has 33 heavy (non-hydrogen) atoms. The average Bonchev–Trinajstić information content (AvgIpc) is 2.79. The second kappa shape index (κ2) is 9.79. The van der Waals surface area contributed by atoms with Crippen LogP contribution in [0.2, 0.25) is 0 Å². The van der Waals surface area contributed by atoms with E-state index in [4.69, 9.17) is 0 Å². The predicted molar refractivity (Wildman–Crippen MR) is 114 cm³/mol. The predicted octanol–water partition coefficient (Wildman–Crippen LogP) is 3.92. The van der Waals surface area contributed by atoms with Gasteiger partial charge in [0.2, 0.25) is 15.9 Å². The zero-order chi connectivity index (χ0) is 24.2. The Morgan fingerprint density at radius 1 is 1.00 bits per heavy atom. The van der Waals surface area contributed by atoms with Crippen LogP contribution in [-0.4, -0.2) is 44.9 Å². The summed E-state index contributed by atoms with van der Waals surface area (Å²) in [6, 6.07) is 9.91. The molecule has 2 aromatic carbocycles. The van der Waals surface area contributed by atoms with Gasteiger partial charge in [0, 0.05) is 30.4 Å². The molecule has 0 unspecified atom stereocenters. The number of amides is 2. The molecule has 0 saturated carbocycles. The van der Waals surface area contributed by atoms with Crippen molar-refractivity contribution in [2.75, 3.05) is 30.8 Å². The average molecular weight is 485 g/mol. The quantitative estimate of drug-likeness (QED) is 0.668. The standard InChI is InChI=1S/C21H22F3N3O5S/c1-32-20(29)26-16-5-7-18(8-6-16)33(30,31)27-11-9-14(10-12-27)19(28)25-17-4-2-3-15(13-17)21(22,23)24/h2-8,13-14H,9-12H2,1H3,(H,25,28)(H,26,29). The zero-order valence-corrected chi connectivity index (χ0v) is 18.4. The molecule has 0 spiro atoms. The van der Waals surface area contributed by atoms with Gasteiger partial charge in [0.1, 0.15) is 0 Å². The van der Waals surface area contributed by atoms with Gasteiger partial charge in [-0.25, -0.2) is 13.2 Å². The molecule has 0 aliphatic carbocycles. The molecule has 2 N–H and O–H groups in total. The molecule has 0 bridgehead atoms. The Labute approximate surface area is 188 Å². The van der Waals surface area contributed by atoms with Crippen molar-refractivity contribution in [1.82, 2.24) is 4.31 Å². The van der Waals surface area contributed by atoms with Gasteiger partial charge in [-0.15, -0.1) is 0 Å². The number of sulfonamides is 1. The van der Waals surface area contributed by atoms with E-state index in [2.05, 4.69) is 15.4 Å². The molecule has 2 amide bonds. The molecular formula is C21H22F3N3O5S. The van der Waals surface area contributed by atoms with E-state index < -0.39 is 39.7 Å². The molecule has 1 aliphatic heterocycles. The van der Waals surface area contributed by atoms with Gasteiger partial charge in [0.25, 0.3) is 0 Å². The summed E-state index contributed by atoms with van der Waals surface area (Å²) in [6.45, 7) is 0.177. The highest BCUT2D eigenvalue weighted by Gasteiger charge is 2.33. The zero-order valence-electron chi connectivity index (χ0n) is 17.6. The van der Waals surface area contributed by atoms with Gasteiger partial charge in [0.05, 0.1) is 17.6 Å². The normalized spacial score (nSPS) is 15.6. The van der Waals surface area contributed by atoms with Crippen molar-refractivity contribution in [3.05, 3.63) is 54.1 Å². The fourth-order valence-electron chi connectivity index (χ4n) is 3.40. The number of methoxy groups -OCH3 is 1. The molecule has 0 aromatic heterocycles. The van der Waals surface area contributed by atoms with Crippen molar-refractivity contribution in [3.8, 4) is 0 Å². The number of halogens is 3. The molecule has 0 radical (unpaired) electrons. The van der Waals surface area contributed by atoms with E-state index >= 15 is 0 Å². The van der Waals surface area contributed by atoms with Crippen LogP contribution < -0.4 is 10.6 Å². The number of nitrogens with one attached hydrogen (secondary N) is 2. The molecule has 1 saturated heterocycles. The number of piperidine rings is 1. The highest BCUT2D eigenvalue weighted by Crippen LogP contribution is 2.31. The fourth-order valence-corrected chi connectivity index (χ4v) is 4.87. The number of carbonyl (C=O) groups is 2. The van der Waals surface area contributed by atoms with Gasteiger partial charge in [-0.2, -0.15) is 17.5 Å². The maximum atomic E-state index is 12.9. The minimum Gasteiger partial charge on any atom is -0.453 e. The first-order valence-corrected chi connectivity index (χ1v) is 11.4. The number of hydrogen-bond acceptors (Lipinski definition) is 5. The Balaban J connectivity index is 1.59. The minimum atomic E-state index is -4.52. The second-order valence-corrected chi connectivity index (χ2v) is 9.33. The third-order valence-electron chi connectivity index (χ3n) is 5.21. The first-order chi connectivity index (χ1) is 15.5. The summed E-state index contributed by atoms with van der Waals surface area (Å²) < 4.78 is 70.0. The molecule has 3 rings (SSSR count). The van der Waals surface area contributed by atoms with Gasteiger partial charge in [-0.05, 0) is 55.3 Å². The number of anilines is 2. The van der Waals surface area contributed by atoms with E-state index in [0.717, 1.165) is 12.1 Å². The van der Waals surface area contributed by atoms with Crippen LogP contribution in [0.15, 0.2) is 53.4 Å². The Morgan fingerprint density at radius 2 is 1.64 bits per heavy atom. The smallest absolute Gasteiger partial charge is 0.416 e. The summed E-state index contributed by atoms with van der Waals surface area (Å²) in [7, 11) is -2.60. The number of alkyl halides is 3. The number of rotatable bonds is 5. The lowest BCUT2D eigenvalue weighted by Gasteiger charge is -2.30. The van der Waals surface area contributed by atoms with E-state index in [9.17, 15) is 31.2 Å².